The summed E-state index contributed by atoms with van der Waals surface area (Å²) in [6.07, 6.45) is -6.69. The van der Waals surface area contributed by atoms with Crippen LogP contribution in [0.3, 0.4) is 0 Å². The van der Waals surface area contributed by atoms with Crippen LogP contribution in [-0.4, -0.2) is 62.5 Å². The SMILES string of the molecule is O=C1[C@H](CC[C@H](O)c2ccc([C@H]3O[C@@H](CO)[C@H](O)[C@@H](O)[C@@H]3O)cc2)C(c2ccc(F)cc2)N1c1ccc(F)cc1. The molecular weight excluding hydrogens is 524 g/mol. The van der Waals surface area contributed by atoms with Crippen molar-refractivity contribution in [3.8, 4) is 0 Å². The molecule has 8 atom stereocenters. The molecule has 212 valence electrons. The average Bonchev–Trinajstić information content (AvgIpc) is 2.96. The van der Waals surface area contributed by atoms with E-state index in [4.69, 9.17) is 4.74 Å². The predicted molar refractivity (Wildman–Crippen MR) is 140 cm³/mol. The van der Waals surface area contributed by atoms with Gasteiger partial charge in [-0.3, -0.25) is 4.79 Å². The molecule has 8 nitrogen and oxygen atoms in total. The number of carbonyl (C=O) groups is 1. The third-order valence-corrected chi connectivity index (χ3v) is 7.82. The number of amides is 1. The standard InChI is InChI=1S/C30H31F2NO7/c31-19-7-5-17(6-8-19)25-22(30(39)33(25)21-11-9-20(32)10-12-21)13-14-23(35)16-1-3-18(4-2-16)29-28(38)27(37)26(36)24(15-34)40-29/h1-12,22-29,34-38H,13-15H2/t22-,23+,24+,25?,26+,27-,28+,29-/m1/s1. The van der Waals surface area contributed by atoms with Gasteiger partial charge in [-0.15, -0.1) is 0 Å². The highest BCUT2D eigenvalue weighted by atomic mass is 19.1. The van der Waals surface area contributed by atoms with Crippen molar-refractivity contribution in [3.05, 3.63) is 101 Å². The monoisotopic (exact) mass is 555 g/mol. The largest absolute Gasteiger partial charge is 0.394 e. The maximum atomic E-state index is 13.6. The molecule has 0 radical (unpaired) electrons. The van der Waals surface area contributed by atoms with Gasteiger partial charge >= 0.3 is 0 Å². The van der Waals surface area contributed by atoms with Crippen molar-refractivity contribution in [2.45, 2.75) is 55.5 Å². The number of rotatable bonds is 8. The van der Waals surface area contributed by atoms with Crippen LogP contribution >= 0.6 is 0 Å². The zero-order valence-electron chi connectivity index (χ0n) is 21.4. The molecule has 0 bridgehead atoms. The molecule has 1 unspecified atom stereocenters. The Kier molecular flexibility index (Phi) is 8.27. The van der Waals surface area contributed by atoms with Crippen molar-refractivity contribution >= 4 is 11.6 Å². The van der Waals surface area contributed by atoms with E-state index in [0.29, 0.717) is 23.2 Å². The van der Waals surface area contributed by atoms with E-state index >= 15 is 0 Å². The van der Waals surface area contributed by atoms with Gasteiger partial charge < -0.3 is 35.2 Å². The number of hydrogen-bond acceptors (Lipinski definition) is 7. The lowest BCUT2D eigenvalue weighted by molar-refractivity contribution is -0.231. The molecule has 3 aromatic rings. The molecule has 0 spiro atoms. The number of benzene rings is 3. The van der Waals surface area contributed by atoms with Gasteiger partial charge in [-0.05, 0) is 65.9 Å². The Hall–Kier alpha value is -3.25. The van der Waals surface area contributed by atoms with Gasteiger partial charge in [0.2, 0.25) is 5.91 Å². The topological polar surface area (TPSA) is 131 Å². The van der Waals surface area contributed by atoms with Gasteiger partial charge in [0.25, 0.3) is 0 Å². The fourth-order valence-electron chi connectivity index (χ4n) is 5.55. The first-order chi connectivity index (χ1) is 19.2. The van der Waals surface area contributed by atoms with Crippen LogP contribution in [0, 0.1) is 17.6 Å². The Bertz CT molecular complexity index is 1300. The van der Waals surface area contributed by atoms with Crippen LogP contribution in [0.1, 0.15) is 47.8 Å². The molecule has 5 N–H and O–H groups in total. The second-order valence-electron chi connectivity index (χ2n) is 10.3. The molecule has 1 amide bonds. The maximum absolute atomic E-state index is 13.6. The van der Waals surface area contributed by atoms with Gasteiger partial charge in [0, 0.05) is 5.69 Å². The highest BCUT2D eigenvalue weighted by Crippen LogP contribution is 2.46. The minimum Gasteiger partial charge on any atom is -0.394 e. The van der Waals surface area contributed by atoms with Crippen molar-refractivity contribution in [2.75, 3.05) is 11.5 Å². The molecule has 2 fully saturated rings. The maximum Gasteiger partial charge on any atom is 0.233 e. The molecule has 2 aliphatic heterocycles. The molecule has 2 saturated heterocycles. The Morgan fingerprint density at radius 2 is 1.38 bits per heavy atom. The van der Waals surface area contributed by atoms with Crippen LogP contribution in [0.5, 0.6) is 0 Å². The van der Waals surface area contributed by atoms with Crippen LogP contribution in [0.15, 0.2) is 72.8 Å². The normalized spacial score (nSPS) is 29.2. The molecule has 0 aromatic heterocycles. The molecule has 2 heterocycles. The lowest BCUT2D eigenvalue weighted by Crippen LogP contribution is -2.55. The van der Waals surface area contributed by atoms with Crippen molar-refractivity contribution in [1.82, 2.24) is 0 Å². The summed E-state index contributed by atoms with van der Waals surface area (Å²) in [4.78, 5) is 14.7. The minimum absolute atomic E-state index is 0.175. The lowest BCUT2D eigenvalue weighted by atomic mass is 9.78. The first-order valence-corrected chi connectivity index (χ1v) is 13.1. The molecule has 3 aromatic carbocycles. The van der Waals surface area contributed by atoms with E-state index in [0.717, 1.165) is 5.56 Å². The van der Waals surface area contributed by atoms with Gasteiger partial charge in [0.05, 0.1) is 24.7 Å². The molecule has 10 heteroatoms. The van der Waals surface area contributed by atoms with Crippen molar-refractivity contribution < 1.29 is 43.8 Å². The molecule has 0 saturated carbocycles. The van der Waals surface area contributed by atoms with Crippen LogP contribution in [-0.2, 0) is 9.53 Å². The fraction of sp³-hybridized carbons (Fsp3) is 0.367. The summed E-state index contributed by atoms with van der Waals surface area (Å²) in [6.45, 7) is -0.532. The van der Waals surface area contributed by atoms with Gasteiger partial charge in [-0.1, -0.05) is 36.4 Å². The van der Waals surface area contributed by atoms with Crippen molar-refractivity contribution in [2.24, 2.45) is 5.92 Å². The third-order valence-electron chi connectivity index (χ3n) is 7.82. The summed E-state index contributed by atoms with van der Waals surface area (Å²) >= 11 is 0. The molecule has 0 aliphatic carbocycles. The fourth-order valence-corrected chi connectivity index (χ4v) is 5.55. The Labute approximate surface area is 229 Å². The first kappa shape index (κ1) is 28.3. The second-order valence-corrected chi connectivity index (χ2v) is 10.3. The number of aliphatic hydroxyl groups excluding tert-OH is 5. The highest BCUT2D eigenvalue weighted by Gasteiger charge is 2.48. The van der Waals surface area contributed by atoms with E-state index in [1.807, 2.05) is 0 Å². The molecule has 40 heavy (non-hydrogen) atoms. The third kappa shape index (κ3) is 5.38. The Morgan fingerprint density at radius 3 is 1.98 bits per heavy atom. The number of ether oxygens (including phenoxy) is 1. The van der Waals surface area contributed by atoms with Crippen LogP contribution in [0.4, 0.5) is 14.5 Å². The van der Waals surface area contributed by atoms with E-state index < -0.39 is 66.8 Å². The quantitative estimate of drug-likeness (QED) is 0.270. The van der Waals surface area contributed by atoms with E-state index in [-0.39, 0.29) is 12.3 Å². The summed E-state index contributed by atoms with van der Waals surface area (Å²) in [6, 6.07) is 17.6. The van der Waals surface area contributed by atoms with Crippen LogP contribution < -0.4 is 4.90 Å². The second kappa shape index (κ2) is 11.7. The number of carbonyl (C=O) groups excluding carboxylic acids is 1. The summed E-state index contributed by atoms with van der Waals surface area (Å²) in [5.74, 6) is -1.47. The highest BCUT2D eigenvalue weighted by molar-refractivity contribution is 6.03. The van der Waals surface area contributed by atoms with E-state index in [9.17, 15) is 39.1 Å². The molecule has 2 aliphatic rings. The van der Waals surface area contributed by atoms with Crippen molar-refractivity contribution in [1.29, 1.82) is 0 Å². The number of aliphatic hydroxyl groups is 5. The number of hydrogen-bond donors (Lipinski definition) is 5. The number of β-lactam (4-membered cyclic amide) rings is 1. The lowest BCUT2D eigenvalue weighted by Gasteiger charge is -2.48. The van der Waals surface area contributed by atoms with Gasteiger partial charge in [0.15, 0.2) is 0 Å². The number of nitrogens with zero attached hydrogens (tertiary/aromatic N) is 1. The average molecular weight is 556 g/mol. The van der Waals surface area contributed by atoms with Gasteiger partial charge in [-0.25, -0.2) is 8.78 Å². The van der Waals surface area contributed by atoms with Crippen LogP contribution in [0.25, 0.3) is 0 Å². The van der Waals surface area contributed by atoms with Gasteiger partial charge in [0.1, 0.15) is 42.2 Å². The summed E-state index contributed by atoms with van der Waals surface area (Å²) in [5, 5.41) is 50.7. The summed E-state index contributed by atoms with van der Waals surface area (Å²) in [5.41, 5.74) is 2.32. The predicted octanol–water partition coefficient (Wildman–Crippen LogP) is 2.70. The first-order valence-electron chi connectivity index (χ1n) is 13.1. The number of anilines is 1. The summed E-state index contributed by atoms with van der Waals surface area (Å²) in [7, 11) is 0. The summed E-state index contributed by atoms with van der Waals surface area (Å²) < 4.78 is 32.6. The zero-order chi connectivity index (χ0) is 28.6. The zero-order valence-corrected chi connectivity index (χ0v) is 21.4. The van der Waals surface area contributed by atoms with E-state index in [1.54, 1.807) is 41.3 Å². The number of halogens is 2. The van der Waals surface area contributed by atoms with E-state index in [1.165, 1.54) is 36.4 Å². The molecular formula is C30H31F2NO7. The van der Waals surface area contributed by atoms with Gasteiger partial charge in [-0.2, -0.15) is 0 Å². The van der Waals surface area contributed by atoms with Crippen molar-refractivity contribution in [3.63, 3.8) is 0 Å². The van der Waals surface area contributed by atoms with Crippen LogP contribution in [0.2, 0.25) is 0 Å². The smallest absolute Gasteiger partial charge is 0.233 e. The Balaban J connectivity index is 1.28. The molecule has 5 rings (SSSR count). The Morgan fingerprint density at radius 1 is 0.800 bits per heavy atom. The minimum atomic E-state index is -1.50. The van der Waals surface area contributed by atoms with E-state index in [2.05, 4.69) is 0 Å².